The molecule has 172 valence electrons. The number of nitrogens with zero attached hydrogens (tertiary/aromatic N) is 3. The summed E-state index contributed by atoms with van der Waals surface area (Å²) in [4.78, 5) is 24.2. The highest BCUT2D eigenvalue weighted by Crippen LogP contribution is 2.25. The van der Waals surface area contributed by atoms with Crippen LogP contribution in [0.4, 0.5) is 10.8 Å². The minimum Gasteiger partial charge on any atom is -0.361 e. The zero-order chi connectivity index (χ0) is 23.3. The number of para-hydroxylation sites is 1. The van der Waals surface area contributed by atoms with Crippen molar-refractivity contribution >= 4 is 44.2 Å². The predicted molar refractivity (Wildman–Crippen MR) is 141 cm³/mol. The first kappa shape index (κ1) is 22.1. The Kier molecular flexibility index (Phi) is 6.53. The Hall–Kier alpha value is -3.71. The van der Waals surface area contributed by atoms with E-state index in [0.717, 1.165) is 35.7 Å². The third-order valence-corrected chi connectivity index (χ3v) is 6.88. The smallest absolute Gasteiger partial charge is 0.260 e. The fourth-order valence-corrected chi connectivity index (χ4v) is 4.85. The maximum absolute atomic E-state index is 13.0. The van der Waals surface area contributed by atoms with Crippen LogP contribution in [0.3, 0.4) is 0 Å². The van der Waals surface area contributed by atoms with Crippen LogP contribution in [0.2, 0.25) is 0 Å². The van der Waals surface area contributed by atoms with E-state index in [1.807, 2.05) is 60.7 Å². The minimum absolute atomic E-state index is 0.0275. The van der Waals surface area contributed by atoms with Crippen LogP contribution >= 0.6 is 11.3 Å². The van der Waals surface area contributed by atoms with Crippen LogP contribution in [0.15, 0.2) is 83.9 Å². The Morgan fingerprint density at radius 1 is 1.03 bits per heavy atom. The highest BCUT2D eigenvalue weighted by atomic mass is 32.1. The lowest BCUT2D eigenvalue weighted by Crippen LogP contribution is -2.39. The molecule has 6 nitrogen and oxygen atoms in total. The summed E-state index contributed by atoms with van der Waals surface area (Å²) in [5.41, 5.74) is 3.86. The lowest BCUT2D eigenvalue weighted by molar-refractivity contribution is 0.0852. The van der Waals surface area contributed by atoms with Gasteiger partial charge in [0.05, 0.1) is 22.8 Å². The largest absolute Gasteiger partial charge is 0.361 e. The van der Waals surface area contributed by atoms with Crippen LogP contribution in [0.1, 0.15) is 29.3 Å². The summed E-state index contributed by atoms with van der Waals surface area (Å²) in [7, 11) is 0. The number of guanidine groups is 1. The van der Waals surface area contributed by atoms with Crippen LogP contribution < -0.4 is 10.6 Å². The van der Waals surface area contributed by atoms with Gasteiger partial charge >= 0.3 is 0 Å². The molecule has 0 aliphatic carbocycles. The van der Waals surface area contributed by atoms with E-state index in [0.29, 0.717) is 18.1 Å². The van der Waals surface area contributed by atoms with Crippen molar-refractivity contribution in [3.05, 3.63) is 90.0 Å². The molecule has 3 aromatic carbocycles. The molecule has 0 fully saturated rings. The second-order valence-electron chi connectivity index (χ2n) is 8.28. The van der Waals surface area contributed by atoms with Gasteiger partial charge in [0.1, 0.15) is 0 Å². The molecule has 2 heterocycles. The third-order valence-electron chi connectivity index (χ3n) is 5.88. The molecular formula is C27H27N5OS. The summed E-state index contributed by atoms with van der Waals surface area (Å²) >= 11 is 1.68. The van der Waals surface area contributed by atoms with Crippen molar-refractivity contribution in [2.45, 2.75) is 25.8 Å². The van der Waals surface area contributed by atoms with Crippen molar-refractivity contribution in [1.29, 1.82) is 0 Å². The number of amides is 1. The number of nitrogens with one attached hydrogen (secondary N) is 2. The summed E-state index contributed by atoms with van der Waals surface area (Å²) in [6, 6.07) is 26.0. The number of rotatable bonds is 7. The van der Waals surface area contributed by atoms with E-state index in [2.05, 4.69) is 40.7 Å². The van der Waals surface area contributed by atoms with Gasteiger partial charge in [-0.3, -0.25) is 9.69 Å². The van der Waals surface area contributed by atoms with Gasteiger partial charge in [-0.15, -0.1) is 0 Å². The number of hydrogen-bond donors (Lipinski definition) is 2. The highest BCUT2D eigenvalue weighted by molar-refractivity contribution is 7.22. The normalized spacial score (nSPS) is 15.4. The number of thiazole rings is 1. The minimum atomic E-state index is -0.0275. The van der Waals surface area contributed by atoms with Crippen LogP contribution in [-0.2, 0) is 6.42 Å². The Bertz CT molecular complexity index is 1270. The molecule has 1 atom stereocenters. The molecule has 1 aliphatic rings. The summed E-state index contributed by atoms with van der Waals surface area (Å²) in [5, 5.41) is 7.74. The van der Waals surface area contributed by atoms with E-state index in [1.165, 1.54) is 10.3 Å². The van der Waals surface area contributed by atoms with E-state index in [-0.39, 0.29) is 11.9 Å². The number of fused-ring (bicyclic) bond motifs is 1. The van der Waals surface area contributed by atoms with Crippen molar-refractivity contribution in [2.75, 3.05) is 23.7 Å². The van der Waals surface area contributed by atoms with Crippen molar-refractivity contribution in [2.24, 2.45) is 4.99 Å². The summed E-state index contributed by atoms with van der Waals surface area (Å²) < 4.78 is 1.19. The summed E-state index contributed by atoms with van der Waals surface area (Å²) in [6.07, 6.45) is 1.79. The molecule has 0 saturated carbocycles. The van der Waals surface area contributed by atoms with Crippen LogP contribution in [0.5, 0.6) is 0 Å². The molecule has 2 N–H and O–H groups in total. The monoisotopic (exact) mass is 469 g/mol. The van der Waals surface area contributed by atoms with Gasteiger partial charge in [0.25, 0.3) is 5.91 Å². The van der Waals surface area contributed by atoms with E-state index in [9.17, 15) is 4.79 Å². The second kappa shape index (κ2) is 10.1. The number of aromatic nitrogens is 1. The van der Waals surface area contributed by atoms with Gasteiger partial charge in [0.2, 0.25) is 5.96 Å². The molecule has 0 bridgehead atoms. The number of hydrogen-bond acceptors (Lipinski definition) is 6. The predicted octanol–water partition coefficient (Wildman–Crippen LogP) is 5.65. The van der Waals surface area contributed by atoms with E-state index >= 15 is 0 Å². The van der Waals surface area contributed by atoms with E-state index in [1.54, 1.807) is 16.2 Å². The average Bonchev–Trinajstić information content (AvgIpc) is 3.48. The summed E-state index contributed by atoms with van der Waals surface area (Å²) in [5.74, 6) is 0.589. The summed E-state index contributed by atoms with van der Waals surface area (Å²) in [6.45, 7) is 3.51. The molecule has 1 unspecified atom stereocenters. The molecule has 5 rings (SSSR count). The molecule has 34 heavy (non-hydrogen) atoms. The number of carbonyl (C=O) groups is 1. The van der Waals surface area contributed by atoms with Gasteiger partial charge < -0.3 is 10.6 Å². The van der Waals surface area contributed by atoms with Gasteiger partial charge in [-0.2, -0.15) is 0 Å². The zero-order valence-electron chi connectivity index (χ0n) is 19.1. The molecule has 0 radical (unpaired) electrons. The van der Waals surface area contributed by atoms with E-state index < -0.39 is 0 Å². The first-order valence-electron chi connectivity index (χ1n) is 11.6. The second-order valence-corrected chi connectivity index (χ2v) is 9.31. The maximum Gasteiger partial charge on any atom is 0.260 e. The Balaban J connectivity index is 1.20. The number of carbonyl (C=O) groups excluding carboxylic acids is 1. The molecule has 1 aromatic heterocycles. The molecule has 1 amide bonds. The third kappa shape index (κ3) is 4.94. The molecule has 4 aromatic rings. The van der Waals surface area contributed by atoms with Crippen LogP contribution in [-0.4, -0.2) is 40.9 Å². The van der Waals surface area contributed by atoms with Gasteiger partial charge in [-0.25, -0.2) is 9.98 Å². The number of benzene rings is 3. The topological polar surface area (TPSA) is 69.6 Å². The lowest BCUT2D eigenvalue weighted by atomic mass is 10.1. The van der Waals surface area contributed by atoms with Crippen molar-refractivity contribution in [3.63, 3.8) is 0 Å². The van der Waals surface area contributed by atoms with Gasteiger partial charge in [0.15, 0.2) is 5.13 Å². The Labute approximate surface area is 203 Å². The van der Waals surface area contributed by atoms with E-state index in [4.69, 9.17) is 4.99 Å². The molecular weight excluding hydrogens is 442 g/mol. The van der Waals surface area contributed by atoms with Gasteiger partial charge in [-0.05, 0) is 54.8 Å². The fraction of sp³-hybridized carbons (Fsp3) is 0.222. The lowest BCUT2D eigenvalue weighted by Gasteiger charge is -2.20. The number of anilines is 2. The Morgan fingerprint density at radius 3 is 2.56 bits per heavy atom. The highest BCUT2D eigenvalue weighted by Gasteiger charge is 2.29. The van der Waals surface area contributed by atoms with Crippen molar-refractivity contribution < 1.29 is 4.79 Å². The van der Waals surface area contributed by atoms with Gasteiger partial charge in [-0.1, -0.05) is 60.7 Å². The SMILES string of the molecule is CCC1CN(C(=O)c2ccccc2)C(Nc2ccc(CCNc3nc4ccccc4s3)cc2)=N1. The molecule has 0 spiro atoms. The molecule has 7 heteroatoms. The van der Waals surface area contributed by atoms with Crippen molar-refractivity contribution in [1.82, 2.24) is 9.88 Å². The van der Waals surface area contributed by atoms with Gasteiger partial charge in [0, 0.05) is 17.8 Å². The first-order valence-corrected chi connectivity index (χ1v) is 12.4. The molecule has 0 saturated heterocycles. The zero-order valence-corrected chi connectivity index (χ0v) is 19.9. The molecule has 1 aliphatic heterocycles. The van der Waals surface area contributed by atoms with Crippen LogP contribution in [0, 0.1) is 0 Å². The standard InChI is InChI=1S/C27H27N5OS/c1-2-21-18-32(25(33)20-8-4-3-5-9-20)26(29-21)30-22-14-12-19(13-15-22)16-17-28-27-31-23-10-6-7-11-24(23)34-27/h3-15,21H,2,16-18H2,1H3,(H,28,31)(H,29,30). The van der Waals surface area contributed by atoms with Crippen LogP contribution in [0.25, 0.3) is 10.2 Å². The fourth-order valence-electron chi connectivity index (χ4n) is 3.96. The maximum atomic E-state index is 13.0. The Morgan fingerprint density at radius 2 is 1.79 bits per heavy atom. The first-order chi connectivity index (χ1) is 16.7. The number of aliphatic imine (C=N–C) groups is 1. The average molecular weight is 470 g/mol. The quantitative estimate of drug-likeness (QED) is 0.367. The van der Waals surface area contributed by atoms with Crippen molar-refractivity contribution in [3.8, 4) is 0 Å².